The van der Waals surface area contributed by atoms with Crippen molar-refractivity contribution in [2.45, 2.75) is 32.6 Å². The van der Waals surface area contributed by atoms with Crippen LogP contribution in [0, 0.1) is 46.1 Å². The van der Waals surface area contributed by atoms with E-state index in [4.69, 9.17) is 21.4 Å². The third kappa shape index (κ3) is 4.94. The fraction of sp³-hybridized carbons (Fsp3) is 0.293. The molecular formula is C41H34ClN5O8S. The van der Waals surface area contributed by atoms with Crippen molar-refractivity contribution in [3.8, 4) is 22.1 Å². The van der Waals surface area contributed by atoms with E-state index >= 15 is 4.79 Å². The zero-order valence-electron chi connectivity index (χ0n) is 30.6. The van der Waals surface area contributed by atoms with Gasteiger partial charge in [0.25, 0.3) is 5.69 Å². The molecular weight excluding hydrogens is 758 g/mol. The molecule has 4 aliphatic rings. The topological polar surface area (TPSA) is 165 Å². The molecule has 9 rings (SSSR count). The van der Waals surface area contributed by atoms with Crippen LogP contribution in [-0.2, 0) is 26.2 Å². The number of nitro benzene ring substituents is 1. The maximum atomic E-state index is 15.1. The highest BCUT2D eigenvalue weighted by Gasteiger charge is 2.68. The number of amides is 4. The highest BCUT2D eigenvalue weighted by Crippen LogP contribution is 2.64. The number of halogens is 1. The Morgan fingerprint density at radius 3 is 2.52 bits per heavy atom. The molecule has 2 saturated heterocycles. The average Bonchev–Trinajstić information content (AvgIpc) is 3.84. The molecule has 6 unspecified atom stereocenters. The number of anilines is 2. The van der Waals surface area contributed by atoms with Gasteiger partial charge in [-0.15, -0.1) is 11.3 Å². The summed E-state index contributed by atoms with van der Waals surface area (Å²) >= 11 is 7.84. The van der Waals surface area contributed by atoms with Gasteiger partial charge in [0.05, 0.1) is 45.8 Å². The Bertz CT molecular complexity index is 2630. The lowest BCUT2D eigenvalue weighted by Crippen LogP contribution is -2.48. The average molecular weight is 792 g/mol. The molecule has 3 aromatic carbocycles. The molecule has 284 valence electrons. The lowest BCUT2D eigenvalue weighted by molar-refractivity contribution is -0.384. The summed E-state index contributed by atoms with van der Waals surface area (Å²) in [5, 5.41) is 29.0. The fourth-order valence-corrected chi connectivity index (χ4v) is 11.0. The number of rotatable bonds is 6. The molecule has 2 aromatic heterocycles. The molecule has 56 heavy (non-hydrogen) atoms. The number of carbonyl (C=O) groups is 4. The minimum absolute atomic E-state index is 0.102. The lowest BCUT2D eigenvalue weighted by Gasteiger charge is -2.49. The Labute approximate surface area is 328 Å². The molecule has 3 fully saturated rings. The van der Waals surface area contributed by atoms with Gasteiger partial charge in [-0.3, -0.25) is 34.0 Å². The van der Waals surface area contributed by atoms with Crippen LogP contribution in [0.15, 0.2) is 78.4 Å². The summed E-state index contributed by atoms with van der Waals surface area (Å²) < 4.78 is 7.87. The number of fused-ring (bicyclic) bond motifs is 5. The number of aryl methyl sites for hydroxylation is 2. The predicted molar refractivity (Wildman–Crippen MR) is 209 cm³/mol. The number of methoxy groups -OCH3 is 1. The van der Waals surface area contributed by atoms with Crippen molar-refractivity contribution in [2.24, 2.45) is 36.1 Å². The summed E-state index contributed by atoms with van der Waals surface area (Å²) in [5.41, 5.74) is 1.31. The number of aromatic nitrogens is 2. The number of carbonyl (C=O) groups excluding carboxylic acids is 4. The Balaban J connectivity index is 1.15. The van der Waals surface area contributed by atoms with Crippen molar-refractivity contribution in [1.82, 2.24) is 9.78 Å². The second-order valence-electron chi connectivity index (χ2n) is 15.1. The van der Waals surface area contributed by atoms with Gasteiger partial charge in [-0.05, 0) is 85.5 Å². The number of hydrogen-bond acceptors (Lipinski definition) is 10. The van der Waals surface area contributed by atoms with Crippen molar-refractivity contribution in [2.75, 3.05) is 16.9 Å². The fourth-order valence-electron chi connectivity index (χ4n) is 9.72. The van der Waals surface area contributed by atoms with Gasteiger partial charge in [0.1, 0.15) is 11.5 Å². The normalized spacial score (nSPS) is 25.7. The number of nitro groups is 1. The number of ether oxygens (including phenoxy) is 1. The molecule has 0 radical (unpaired) electrons. The molecule has 13 nitrogen and oxygen atoms in total. The molecule has 1 N–H and O–H groups in total. The van der Waals surface area contributed by atoms with E-state index in [1.807, 2.05) is 31.2 Å². The number of allylic oxidation sites excluding steroid dienone is 2. The monoisotopic (exact) mass is 791 g/mol. The standard InChI is InChI=1S/C41H34ClN5O8S/c1-19-26-15-21(42)9-13-32(26)56-36(19)29-18-33(44(3)43-29)46-38(50)28-17-27-24(35(41(28,2)40(46)52)20-8-12-31(55-4)30(48)14-20)10-11-25-34(27)39(51)45(37(25)49)22-6-5-7-23(16-22)47(53)54/h5-10,12-16,18,25,27-28,34-35,48H,11,17H2,1-4H3. The second-order valence-corrected chi connectivity index (χ2v) is 16.6. The summed E-state index contributed by atoms with van der Waals surface area (Å²) in [6.45, 7) is 3.74. The number of non-ortho nitro benzene ring substituents is 1. The SMILES string of the molecule is COc1ccc(C2C3=CCC4C(=O)N(c5cccc([N+](=O)[O-])c5)C(=O)C4C3CC3C(=O)N(c4cc(-c5sc6ccc(Cl)cc6c5C)nn4C)C(=O)C32C)cc1O. The summed E-state index contributed by atoms with van der Waals surface area (Å²) in [6, 6.07) is 17.7. The first kappa shape index (κ1) is 35.8. The summed E-state index contributed by atoms with van der Waals surface area (Å²) in [7, 11) is 3.11. The van der Waals surface area contributed by atoms with E-state index in [2.05, 4.69) is 0 Å². The molecule has 4 heterocycles. The third-order valence-corrected chi connectivity index (χ3v) is 13.9. The quantitative estimate of drug-likeness (QED) is 0.0803. The van der Waals surface area contributed by atoms with Gasteiger partial charge in [-0.25, -0.2) is 9.80 Å². The van der Waals surface area contributed by atoms with Crippen molar-refractivity contribution in [3.63, 3.8) is 0 Å². The van der Waals surface area contributed by atoms with Gasteiger partial charge in [0.2, 0.25) is 23.6 Å². The lowest BCUT2D eigenvalue weighted by atomic mass is 9.51. The van der Waals surface area contributed by atoms with E-state index in [0.717, 1.165) is 31.0 Å². The van der Waals surface area contributed by atoms with E-state index in [9.17, 15) is 29.6 Å². The molecule has 2 aliphatic carbocycles. The van der Waals surface area contributed by atoms with Crippen molar-refractivity contribution in [3.05, 3.63) is 105 Å². The van der Waals surface area contributed by atoms with Gasteiger partial charge in [-0.1, -0.05) is 35.4 Å². The van der Waals surface area contributed by atoms with Crippen molar-refractivity contribution in [1.29, 1.82) is 0 Å². The third-order valence-electron chi connectivity index (χ3n) is 12.3. The van der Waals surface area contributed by atoms with E-state index in [1.165, 1.54) is 58.4 Å². The van der Waals surface area contributed by atoms with Crippen LogP contribution in [-0.4, -0.2) is 50.5 Å². The Morgan fingerprint density at radius 2 is 1.79 bits per heavy atom. The van der Waals surface area contributed by atoms with Gasteiger partial charge in [0, 0.05) is 40.9 Å². The van der Waals surface area contributed by atoms with Crippen LogP contribution in [0.5, 0.6) is 11.5 Å². The van der Waals surface area contributed by atoms with E-state index in [1.54, 1.807) is 32.2 Å². The first-order valence-corrected chi connectivity index (χ1v) is 19.2. The van der Waals surface area contributed by atoms with Crippen LogP contribution in [0.4, 0.5) is 17.2 Å². The Hall–Kier alpha value is -5.86. The molecule has 1 saturated carbocycles. The van der Waals surface area contributed by atoms with E-state index in [-0.39, 0.29) is 41.5 Å². The van der Waals surface area contributed by atoms with Crippen LogP contribution in [0.3, 0.4) is 0 Å². The van der Waals surface area contributed by atoms with Crippen LogP contribution in [0.25, 0.3) is 20.7 Å². The highest BCUT2D eigenvalue weighted by molar-refractivity contribution is 7.22. The maximum Gasteiger partial charge on any atom is 0.271 e. The number of benzene rings is 3. The first-order valence-electron chi connectivity index (χ1n) is 18.0. The minimum Gasteiger partial charge on any atom is -0.504 e. The molecule has 6 atom stereocenters. The van der Waals surface area contributed by atoms with Crippen LogP contribution in [0.1, 0.15) is 36.8 Å². The van der Waals surface area contributed by atoms with Crippen molar-refractivity contribution >= 4 is 73.8 Å². The number of aromatic hydroxyl groups is 1. The number of hydrogen-bond donors (Lipinski definition) is 1. The molecule has 0 spiro atoms. The molecule has 4 amide bonds. The second kappa shape index (κ2) is 12.6. The highest BCUT2D eigenvalue weighted by atomic mass is 35.5. The molecule has 2 aliphatic heterocycles. The number of thiophene rings is 1. The van der Waals surface area contributed by atoms with Gasteiger partial charge in [-0.2, -0.15) is 5.10 Å². The Morgan fingerprint density at radius 1 is 1.00 bits per heavy atom. The van der Waals surface area contributed by atoms with Gasteiger partial charge in [0.15, 0.2) is 11.5 Å². The molecule has 5 aromatic rings. The maximum absolute atomic E-state index is 15.1. The van der Waals surface area contributed by atoms with Crippen molar-refractivity contribution < 1.29 is 33.9 Å². The summed E-state index contributed by atoms with van der Waals surface area (Å²) in [4.78, 5) is 72.5. The number of imide groups is 2. The minimum atomic E-state index is -1.37. The molecule has 15 heteroatoms. The zero-order chi connectivity index (χ0) is 39.5. The summed E-state index contributed by atoms with van der Waals surface area (Å²) in [6.07, 6.45) is 2.19. The molecule has 0 bridgehead atoms. The zero-order valence-corrected chi connectivity index (χ0v) is 32.1. The predicted octanol–water partition coefficient (Wildman–Crippen LogP) is 7.32. The number of phenols is 1. The smallest absolute Gasteiger partial charge is 0.271 e. The largest absolute Gasteiger partial charge is 0.504 e. The van der Waals surface area contributed by atoms with Crippen LogP contribution in [0.2, 0.25) is 5.02 Å². The van der Waals surface area contributed by atoms with E-state index in [0.29, 0.717) is 16.3 Å². The van der Waals surface area contributed by atoms with Crippen LogP contribution >= 0.6 is 22.9 Å². The Kier molecular flexibility index (Phi) is 8.05. The first-order chi connectivity index (χ1) is 26.7. The number of phenolic OH excluding ortho intramolecular Hbond substituents is 1. The number of nitrogens with zero attached hydrogens (tertiary/aromatic N) is 5. The summed E-state index contributed by atoms with van der Waals surface area (Å²) in [5.74, 6) is -5.52. The van der Waals surface area contributed by atoms with Gasteiger partial charge < -0.3 is 9.84 Å². The van der Waals surface area contributed by atoms with Crippen LogP contribution < -0.4 is 14.5 Å². The van der Waals surface area contributed by atoms with E-state index < -0.39 is 63.6 Å². The van der Waals surface area contributed by atoms with Gasteiger partial charge >= 0.3 is 0 Å².